The number of hydrogen-bond donors (Lipinski definition) is 12. The largest absolute Gasteiger partial charge is 1.00 e. The summed E-state index contributed by atoms with van der Waals surface area (Å²) in [5.41, 5.74) is 25.7. The van der Waals surface area contributed by atoms with Crippen molar-refractivity contribution in [2.45, 2.75) is 226 Å². The number of halogens is 1. The van der Waals surface area contributed by atoms with Crippen LogP contribution in [0.4, 0.5) is 64.0 Å². The number of nitrogens with zero attached hydrogens (tertiary/aromatic N) is 12. The second-order valence-corrected chi connectivity index (χ2v) is 30.1. The van der Waals surface area contributed by atoms with E-state index in [1.54, 1.807) is 30.3 Å². The van der Waals surface area contributed by atoms with E-state index >= 15 is 0 Å². The van der Waals surface area contributed by atoms with E-state index in [0.717, 1.165) is 190 Å². The third-order valence-corrected chi connectivity index (χ3v) is 21.9. The third kappa shape index (κ3) is 18.8. The Bertz CT molecular complexity index is 4670. The Hall–Kier alpha value is -10.2. The summed E-state index contributed by atoms with van der Waals surface area (Å²) in [4.78, 5) is 124. The molecule has 4 spiro atoms. The number of rotatable bonds is 10. The number of nitrogens with one attached hydrogen (secondary N) is 9. The van der Waals surface area contributed by atoms with E-state index in [0.29, 0.717) is 74.7 Å². The van der Waals surface area contributed by atoms with Gasteiger partial charge in [-0.05, 0) is 151 Å². The number of nitrogen functional groups attached to an aromatic ring is 3. The predicted molar refractivity (Wildman–Crippen MR) is 426 cm³/mol. The summed E-state index contributed by atoms with van der Waals surface area (Å²) >= 11 is 6.03. The Kier molecular flexibility index (Phi) is 27.6. The quantitative estimate of drug-likeness (QED) is 0.0447. The minimum absolute atomic E-state index is 0. The van der Waals surface area contributed by atoms with Crippen LogP contribution in [-0.2, 0) is 31.7 Å². The van der Waals surface area contributed by atoms with Crippen LogP contribution in [-0.4, -0.2) is 101 Å². The summed E-state index contributed by atoms with van der Waals surface area (Å²) in [6.45, 7) is 7.76. The summed E-state index contributed by atoms with van der Waals surface area (Å²) in [5, 5.41) is 28.3. The molecule has 8 aromatic heterocycles. The van der Waals surface area contributed by atoms with Gasteiger partial charge in [-0.25, -0.2) is 59.8 Å². The number of nitrogens with two attached hydrogens (primary N) is 3. The molecule has 0 unspecified atom stereocenters. The van der Waals surface area contributed by atoms with Crippen molar-refractivity contribution < 1.29 is 63.8 Å². The fourth-order valence-corrected chi connectivity index (χ4v) is 16.4. The van der Waals surface area contributed by atoms with Crippen LogP contribution < -0.4 is 94.6 Å². The van der Waals surface area contributed by atoms with Gasteiger partial charge in [-0.15, -0.1) is 0 Å². The molecule has 0 saturated heterocycles. The van der Waals surface area contributed by atoms with Crippen molar-refractivity contribution in [3.8, 4) is 0 Å². The predicted octanol–water partition coefficient (Wildman–Crippen LogP) is 10.1. The normalized spacial score (nSPS) is 17.9. The van der Waals surface area contributed by atoms with Crippen LogP contribution in [0.5, 0.6) is 0 Å². The Balaban J connectivity index is 0.000000162. The average molecular weight is 1560 g/mol. The first kappa shape index (κ1) is 85.8. The van der Waals surface area contributed by atoms with Gasteiger partial charge in [-0.1, -0.05) is 111 Å². The van der Waals surface area contributed by atoms with Crippen LogP contribution in [0, 0.1) is 39.5 Å². The monoisotopic (exact) mass is 1560 g/mol. The maximum Gasteiger partial charge on any atom is 1.00 e. The van der Waals surface area contributed by atoms with Gasteiger partial charge in [0.05, 0.1) is 67.2 Å². The van der Waals surface area contributed by atoms with Crippen LogP contribution in [0.25, 0.3) is 0 Å². The molecule has 0 bridgehead atoms. The third-order valence-electron chi connectivity index (χ3n) is 21.7. The van der Waals surface area contributed by atoms with Crippen LogP contribution in [0.15, 0.2) is 73.8 Å². The number of hydrogen-bond acceptors (Lipinski definition) is 25. The SMILES string of the molecule is C.C.C.Cc1cc(Cl)nc2c1C(=O)NC21CCCCC1.Cc1cc(Nc2cc(N)ncn2)nc2c1C(=O)NC21CCCCC1.Cc1cc(Nc2cc(N)ncn2)nc2c1C(=O)NC21CCCCC1.Cc1cc(Nc2cc(NC(=O)C3CC3)ncn2)nc2c1C(=O)NC21CCCCC1.Nc1cc(NC(=O)C2CC2)ncn1.[Na+].[OH-]. The first-order chi connectivity index (χ1) is 51.6. The number of anilines is 11. The van der Waals surface area contributed by atoms with Gasteiger partial charge in [-0.2, -0.15) is 0 Å². The number of amides is 6. The van der Waals surface area contributed by atoms with Gasteiger partial charge >= 0.3 is 29.6 Å². The average Bonchev–Trinajstić information content (AvgIpc) is 1.61. The van der Waals surface area contributed by atoms with Crippen LogP contribution in [0.1, 0.15) is 263 Å². The molecule has 0 radical (unpaired) electrons. The molecule has 6 amide bonds. The fraction of sp³-hybridized carbons (Fsp3) is 0.468. The number of carbonyl (C=O) groups excluding carboxylic acids is 6. The molecule has 0 aromatic carbocycles. The van der Waals surface area contributed by atoms with Crippen molar-refractivity contribution >= 4 is 111 Å². The summed E-state index contributed by atoms with van der Waals surface area (Å²) in [7, 11) is 0. The van der Waals surface area contributed by atoms with E-state index < -0.39 is 0 Å². The molecular formula is C79H102ClN24NaO7. The fourth-order valence-electron chi connectivity index (χ4n) is 16.2. The molecule has 33 heteroatoms. The Morgan fingerprint density at radius 3 is 0.911 bits per heavy atom. The summed E-state index contributed by atoms with van der Waals surface area (Å²) < 4.78 is 0. The Morgan fingerprint density at radius 1 is 0.366 bits per heavy atom. The summed E-state index contributed by atoms with van der Waals surface area (Å²) in [6, 6.07) is 13.9. The van der Waals surface area contributed by atoms with Crippen molar-refractivity contribution in [1.82, 2.24) is 81.1 Å². The van der Waals surface area contributed by atoms with Crippen molar-refractivity contribution in [2.24, 2.45) is 11.8 Å². The zero-order valence-electron chi connectivity index (χ0n) is 61.9. The number of pyridine rings is 4. The van der Waals surface area contributed by atoms with E-state index in [2.05, 4.69) is 92.7 Å². The van der Waals surface area contributed by atoms with E-state index in [1.165, 1.54) is 51.0 Å². The van der Waals surface area contributed by atoms with Crippen molar-refractivity contribution in [3.63, 3.8) is 0 Å². The number of fused-ring (bicyclic) bond motifs is 8. The van der Waals surface area contributed by atoms with Gasteiger partial charge in [0.25, 0.3) is 23.6 Å². The molecule has 588 valence electrons. The van der Waals surface area contributed by atoms with Crippen molar-refractivity contribution in [1.29, 1.82) is 0 Å². The Morgan fingerprint density at radius 2 is 0.616 bits per heavy atom. The molecule has 6 aliphatic carbocycles. The van der Waals surface area contributed by atoms with Gasteiger partial charge in [0.15, 0.2) is 0 Å². The van der Waals surface area contributed by atoms with Gasteiger partial charge in [0, 0.05) is 36.1 Å². The molecule has 6 saturated carbocycles. The number of carbonyl (C=O) groups is 6. The van der Waals surface area contributed by atoms with E-state index in [-0.39, 0.29) is 127 Å². The van der Waals surface area contributed by atoms with Crippen LogP contribution >= 0.6 is 11.6 Å². The number of aryl methyl sites for hydroxylation is 4. The van der Waals surface area contributed by atoms with Crippen LogP contribution in [0.3, 0.4) is 0 Å². The molecule has 112 heavy (non-hydrogen) atoms. The molecule has 4 aliphatic heterocycles. The van der Waals surface area contributed by atoms with Crippen molar-refractivity contribution in [2.75, 3.05) is 43.8 Å². The molecule has 31 nitrogen and oxygen atoms in total. The van der Waals surface area contributed by atoms with Crippen LogP contribution in [0.2, 0.25) is 5.15 Å². The zero-order valence-corrected chi connectivity index (χ0v) is 64.7. The van der Waals surface area contributed by atoms with Gasteiger partial charge in [0.1, 0.15) is 94.5 Å². The second-order valence-electron chi connectivity index (χ2n) is 29.7. The first-order valence-electron chi connectivity index (χ1n) is 37.1. The molecule has 6 fully saturated rings. The zero-order chi connectivity index (χ0) is 74.8. The minimum atomic E-state index is -0.345. The topological polar surface area (TPSA) is 473 Å². The first-order valence-corrected chi connectivity index (χ1v) is 37.5. The maximum absolute atomic E-state index is 12.6. The van der Waals surface area contributed by atoms with E-state index in [1.807, 2.05) is 45.9 Å². The molecule has 8 aromatic rings. The van der Waals surface area contributed by atoms with Gasteiger partial charge in [0.2, 0.25) is 11.8 Å². The number of aromatic nitrogens is 12. The summed E-state index contributed by atoms with van der Waals surface area (Å²) in [6.07, 6.45) is 30.8. The maximum atomic E-state index is 12.6. The molecule has 10 aliphatic rings. The van der Waals surface area contributed by atoms with Crippen molar-refractivity contribution in [3.05, 3.63) is 146 Å². The summed E-state index contributed by atoms with van der Waals surface area (Å²) in [5.74, 6) is 6.11. The Labute approximate surface area is 679 Å². The molecule has 12 heterocycles. The van der Waals surface area contributed by atoms with E-state index in [4.69, 9.17) is 43.8 Å². The smallest absolute Gasteiger partial charge is 0.870 e. The molecule has 0 atom stereocenters. The standard InChI is InChI=1S/C21H24N6O2.2C17H20N6O.C13H15ClN2O.C8H10N4O.3CH4.Na.H2O/c1-12-9-16(24-14-10-15(23-11-22-14)26-19(28)13-5-6-13)25-18-17(12)20(29)27-21(18)7-3-2-4-8-21;2*1-10-7-13(21-12-8-11(18)19-9-20-12)22-15-14(10)16(24)23-17(15)5-3-2-4-6-17;1-8-7-9(14)15-11-10(8)12(17)16-13(11)5-3-2-4-6-13;9-6-3-7(11-4-10-6)12-8(13)5-1-2-5;;;;;/h9-11,13H,2-8H2,1H3,(H,27,29)(H2,22,23,24,25,26,28);2*7-9H,2-6H2,1H3,(H,23,24)(H3,18,19,20,21,22);7H,2-6H2,1H3,(H,16,17);3-5H,1-2H2,(H3,9,10,11,12,13);3*1H4;;1H2/q;;;;;;;;+1;/p-1. The second kappa shape index (κ2) is 36.1. The van der Waals surface area contributed by atoms with Gasteiger partial charge in [-0.3, -0.25) is 28.8 Å². The van der Waals surface area contributed by atoms with Gasteiger partial charge < -0.3 is 70.5 Å². The van der Waals surface area contributed by atoms with E-state index in [9.17, 15) is 28.8 Å². The molecule has 18 rings (SSSR count). The molecule has 16 N–H and O–H groups in total. The minimum Gasteiger partial charge on any atom is -0.870 e. The molecular weight excluding hydrogens is 1460 g/mol.